The molecule has 0 saturated carbocycles. The van der Waals surface area contributed by atoms with Gasteiger partial charge >= 0.3 is 6.18 Å². The van der Waals surface area contributed by atoms with Gasteiger partial charge in [-0.3, -0.25) is 19.4 Å². The van der Waals surface area contributed by atoms with Crippen LogP contribution in [0.3, 0.4) is 0 Å². The predicted molar refractivity (Wildman–Crippen MR) is 121 cm³/mol. The monoisotopic (exact) mass is 462 g/mol. The normalized spacial score (nSPS) is 16.0. The lowest BCUT2D eigenvalue weighted by atomic mass is 10.1. The van der Waals surface area contributed by atoms with E-state index in [1.54, 1.807) is 11.9 Å². The summed E-state index contributed by atoms with van der Waals surface area (Å²) in [5.74, 6) is -0.712. The van der Waals surface area contributed by atoms with E-state index in [1.807, 2.05) is 18.2 Å². The lowest BCUT2D eigenvalue weighted by Gasteiger charge is -2.38. The molecule has 1 aliphatic heterocycles. The molecule has 1 heterocycles. The number of alkyl halides is 3. The standard InChI is InChI=1S/C24H29F3N4O2/c1-18(19-8-4-3-5-9-19)30-12-14-31(15-13-30)23(33)17-29(2)16-22(32)28-21-11-7-6-10-20(21)24(25,26)27/h3-11,18H,12-17H2,1-2H3,(H,28,32). The number of piperazine rings is 1. The summed E-state index contributed by atoms with van der Waals surface area (Å²) in [6.45, 7) is 4.66. The van der Waals surface area contributed by atoms with E-state index in [9.17, 15) is 22.8 Å². The Morgan fingerprint density at radius 1 is 0.970 bits per heavy atom. The summed E-state index contributed by atoms with van der Waals surface area (Å²) < 4.78 is 39.3. The van der Waals surface area contributed by atoms with Crippen LogP contribution in [0, 0.1) is 0 Å². The molecular weight excluding hydrogens is 433 g/mol. The highest BCUT2D eigenvalue weighted by Gasteiger charge is 2.33. The van der Waals surface area contributed by atoms with Crippen molar-refractivity contribution >= 4 is 17.5 Å². The Labute approximate surface area is 192 Å². The smallest absolute Gasteiger partial charge is 0.339 e. The summed E-state index contributed by atoms with van der Waals surface area (Å²) in [6, 6.07) is 15.3. The van der Waals surface area contributed by atoms with Crippen molar-refractivity contribution in [2.75, 3.05) is 51.6 Å². The second kappa shape index (κ2) is 10.8. The zero-order valence-corrected chi connectivity index (χ0v) is 18.8. The van der Waals surface area contributed by atoms with Crippen LogP contribution in [-0.4, -0.2) is 72.8 Å². The summed E-state index contributed by atoms with van der Waals surface area (Å²) in [6.07, 6.45) is -4.56. The lowest BCUT2D eigenvalue weighted by Crippen LogP contribution is -2.51. The van der Waals surface area contributed by atoms with E-state index in [-0.39, 0.29) is 30.7 Å². The van der Waals surface area contributed by atoms with Gasteiger partial charge in [0.2, 0.25) is 11.8 Å². The van der Waals surface area contributed by atoms with Crippen LogP contribution in [0.1, 0.15) is 24.1 Å². The van der Waals surface area contributed by atoms with Crippen molar-refractivity contribution in [3.05, 3.63) is 65.7 Å². The zero-order valence-electron chi connectivity index (χ0n) is 18.8. The van der Waals surface area contributed by atoms with Crippen LogP contribution in [0.15, 0.2) is 54.6 Å². The van der Waals surface area contributed by atoms with E-state index in [4.69, 9.17) is 0 Å². The number of nitrogens with one attached hydrogen (secondary N) is 1. The minimum atomic E-state index is -4.56. The van der Waals surface area contributed by atoms with Crippen molar-refractivity contribution in [2.24, 2.45) is 0 Å². The number of anilines is 1. The second-order valence-corrected chi connectivity index (χ2v) is 8.27. The summed E-state index contributed by atoms with van der Waals surface area (Å²) in [5.41, 5.74) is 0.0354. The first-order valence-corrected chi connectivity index (χ1v) is 10.9. The van der Waals surface area contributed by atoms with E-state index in [0.717, 1.165) is 19.2 Å². The average molecular weight is 463 g/mol. The van der Waals surface area contributed by atoms with Crippen molar-refractivity contribution in [2.45, 2.75) is 19.1 Å². The van der Waals surface area contributed by atoms with Crippen LogP contribution in [0.2, 0.25) is 0 Å². The number of halogens is 3. The van der Waals surface area contributed by atoms with Gasteiger partial charge in [-0.25, -0.2) is 0 Å². The molecule has 1 atom stereocenters. The Kier molecular flexibility index (Phi) is 8.10. The minimum absolute atomic E-state index is 0.0164. The SMILES string of the molecule is CC(c1ccccc1)N1CCN(C(=O)CN(C)CC(=O)Nc2ccccc2C(F)(F)F)CC1. The molecule has 0 spiro atoms. The molecule has 1 saturated heterocycles. The predicted octanol–water partition coefficient (Wildman–Crippen LogP) is 3.48. The maximum atomic E-state index is 13.1. The fraction of sp³-hybridized carbons (Fsp3) is 0.417. The maximum Gasteiger partial charge on any atom is 0.418 e. The van der Waals surface area contributed by atoms with Crippen LogP contribution in [0.5, 0.6) is 0 Å². The first-order valence-electron chi connectivity index (χ1n) is 10.9. The van der Waals surface area contributed by atoms with Crippen molar-refractivity contribution in [1.82, 2.24) is 14.7 Å². The molecule has 3 rings (SSSR count). The first-order chi connectivity index (χ1) is 15.6. The highest BCUT2D eigenvalue weighted by atomic mass is 19.4. The highest BCUT2D eigenvalue weighted by Crippen LogP contribution is 2.34. The Morgan fingerprint density at radius 2 is 1.58 bits per heavy atom. The van der Waals surface area contributed by atoms with Gasteiger partial charge in [0, 0.05) is 32.2 Å². The lowest BCUT2D eigenvalue weighted by molar-refractivity contribution is -0.137. The maximum absolute atomic E-state index is 13.1. The van der Waals surface area contributed by atoms with E-state index in [0.29, 0.717) is 13.1 Å². The Hall–Kier alpha value is -2.91. The van der Waals surface area contributed by atoms with E-state index < -0.39 is 17.6 Å². The summed E-state index contributed by atoms with van der Waals surface area (Å²) in [7, 11) is 1.60. The van der Waals surface area contributed by atoms with Crippen LogP contribution in [-0.2, 0) is 15.8 Å². The van der Waals surface area contributed by atoms with Crippen LogP contribution < -0.4 is 5.32 Å². The molecule has 1 fully saturated rings. The third-order valence-electron chi connectivity index (χ3n) is 5.82. The average Bonchev–Trinajstić information content (AvgIpc) is 2.78. The Morgan fingerprint density at radius 3 is 2.21 bits per heavy atom. The van der Waals surface area contributed by atoms with Gasteiger partial charge in [-0.1, -0.05) is 42.5 Å². The molecule has 6 nitrogen and oxygen atoms in total. The third kappa shape index (κ3) is 6.79. The fourth-order valence-corrected chi connectivity index (χ4v) is 3.96. The molecule has 0 aliphatic carbocycles. The molecule has 1 aliphatic rings. The first kappa shape index (κ1) is 24.7. The number of nitrogens with zero attached hydrogens (tertiary/aromatic N) is 3. The fourth-order valence-electron chi connectivity index (χ4n) is 3.96. The number of para-hydroxylation sites is 1. The number of carbonyl (C=O) groups is 2. The molecule has 178 valence electrons. The number of amides is 2. The summed E-state index contributed by atoms with van der Waals surface area (Å²) in [4.78, 5) is 30.5. The third-order valence-corrected chi connectivity index (χ3v) is 5.82. The quantitative estimate of drug-likeness (QED) is 0.685. The molecule has 1 N–H and O–H groups in total. The van der Waals surface area contributed by atoms with E-state index in [1.165, 1.54) is 28.7 Å². The minimum Gasteiger partial charge on any atom is -0.339 e. The molecule has 2 aromatic rings. The molecule has 2 amide bonds. The molecular formula is C24H29F3N4O2. The number of carbonyl (C=O) groups excluding carboxylic acids is 2. The van der Waals surface area contributed by atoms with Gasteiger partial charge in [0.15, 0.2) is 0 Å². The highest BCUT2D eigenvalue weighted by molar-refractivity contribution is 5.93. The number of hydrogen-bond donors (Lipinski definition) is 1. The Bertz CT molecular complexity index is 944. The van der Waals surface area contributed by atoms with Crippen molar-refractivity contribution in [3.63, 3.8) is 0 Å². The van der Waals surface area contributed by atoms with E-state index >= 15 is 0 Å². The van der Waals surface area contributed by atoms with Gasteiger partial charge in [-0.15, -0.1) is 0 Å². The van der Waals surface area contributed by atoms with Gasteiger partial charge in [0.05, 0.1) is 24.3 Å². The molecule has 0 aromatic heterocycles. The van der Waals surface area contributed by atoms with E-state index in [2.05, 4.69) is 29.3 Å². The van der Waals surface area contributed by atoms with Crippen LogP contribution >= 0.6 is 0 Å². The van der Waals surface area contributed by atoms with Crippen LogP contribution in [0.4, 0.5) is 18.9 Å². The van der Waals surface area contributed by atoms with Crippen molar-refractivity contribution in [1.29, 1.82) is 0 Å². The van der Waals surface area contributed by atoms with Gasteiger partial charge in [0.1, 0.15) is 0 Å². The number of likely N-dealkylation sites (N-methyl/N-ethyl adjacent to an activating group) is 1. The summed E-state index contributed by atoms with van der Waals surface area (Å²) in [5, 5.41) is 2.30. The zero-order chi connectivity index (χ0) is 24.0. The molecule has 2 aromatic carbocycles. The number of rotatable bonds is 7. The summed E-state index contributed by atoms with van der Waals surface area (Å²) >= 11 is 0. The number of hydrogen-bond acceptors (Lipinski definition) is 4. The molecule has 0 bridgehead atoms. The van der Waals surface area contributed by atoms with Crippen LogP contribution in [0.25, 0.3) is 0 Å². The Balaban J connectivity index is 1.46. The van der Waals surface area contributed by atoms with Gasteiger partial charge in [-0.2, -0.15) is 13.2 Å². The van der Waals surface area contributed by atoms with Crippen molar-refractivity contribution in [3.8, 4) is 0 Å². The molecule has 1 unspecified atom stereocenters. The van der Waals surface area contributed by atoms with Gasteiger partial charge < -0.3 is 10.2 Å². The largest absolute Gasteiger partial charge is 0.418 e. The van der Waals surface area contributed by atoms with Gasteiger partial charge in [-0.05, 0) is 31.7 Å². The molecule has 0 radical (unpaired) electrons. The number of benzene rings is 2. The molecule has 9 heteroatoms. The van der Waals surface area contributed by atoms with Crippen molar-refractivity contribution < 1.29 is 22.8 Å². The van der Waals surface area contributed by atoms with Gasteiger partial charge in [0.25, 0.3) is 0 Å². The second-order valence-electron chi connectivity index (χ2n) is 8.27. The topological polar surface area (TPSA) is 55.9 Å². The molecule has 33 heavy (non-hydrogen) atoms.